The second kappa shape index (κ2) is 4.58. The fraction of sp³-hybridized carbons (Fsp3) is 0.714. The van der Waals surface area contributed by atoms with Crippen molar-refractivity contribution in [1.29, 1.82) is 0 Å². The normalized spacial score (nSPS) is 11.9. The third-order valence-electron chi connectivity index (χ3n) is 1.29. The van der Waals surface area contributed by atoms with Crippen LogP contribution in [0.25, 0.3) is 0 Å². The molecule has 1 aromatic rings. The van der Waals surface area contributed by atoms with Gasteiger partial charge >= 0.3 is 0 Å². The van der Waals surface area contributed by atoms with Gasteiger partial charge in [0.2, 0.25) is 0 Å². The van der Waals surface area contributed by atoms with Crippen LogP contribution in [0, 0.1) is 5.41 Å². The third-order valence-corrected chi connectivity index (χ3v) is 5.19. The van der Waals surface area contributed by atoms with Crippen LogP contribution in [-0.2, 0) is 0 Å². The van der Waals surface area contributed by atoms with Crippen molar-refractivity contribution in [2.75, 3.05) is 11.1 Å². The smallest absolute Gasteiger partial charge is 0.146 e. The Balaban J connectivity index is 2.36. The van der Waals surface area contributed by atoms with Gasteiger partial charge in [-0.2, -0.15) is 0 Å². The highest BCUT2D eigenvalue weighted by molar-refractivity contribution is 9.09. The lowest BCUT2D eigenvalue weighted by molar-refractivity contribution is 0.496. The second-order valence-corrected chi connectivity index (χ2v) is 5.91. The molecule has 0 N–H and O–H groups in total. The minimum Gasteiger partial charge on any atom is -0.146 e. The summed E-state index contributed by atoms with van der Waals surface area (Å²) in [5.41, 5.74) is 2.10. The lowest BCUT2D eigenvalue weighted by Gasteiger charge is -2.19. The van der Waals surface area contributed by atoms with E-state index in [2.05, 4.69) is 40.0 Å². The lowest BCUT2D eigenvalue weighted by atomic mass is 10.0. The van der Waals surface area contributed by atoms with E-state index in [-0.39, 0.29) is 0 Å². The Morgan fingerprint density at radius 2 is 2.42 bits per heavy atom. The number of halogens is 1. The zero-order chi connectivity index (χ0) is 9.03. The first kappa shape index (κ1) is 10.5. The second-order valence-electron chi connectivity index (χ2n) is 3.29. The van der Waals surface area contributed by atoms with Gasteiger partial charge in [0.15, 0.2) is 4.34 Å². The largest absolute Gasteiger partial charge is 0.174 e. The minimum absolute atomic E-state index is 0.330. The molecule has 0 amide bonds. The Bertz CT molecular complexity index is 223. The van der Waals surface area contributed by atoms with E-state index in [1.807, 2.05) is 0 Å². The summed E-state index contributed by atoms with van der Waals surface area (Å²) < 4.78 is 1.06. The molecule has 2 nitrogen and oxygen atoms in total. The van der Waals surface area contributed by atoms with E-state index in [9.17, 15) is 0 Å². The van der Waals surface area contributed by atoms with E-state index in [0.717, 1.165) is 15.4 Å². The summed E-state index contributed by atoms with van der Waals surface area (Å²) in [6.07, 6.45) is 0. The molecular formula is C7H11BrN2S2. The Labute approximate surface area is 89.3 Å². The number of alkyl halides is 1. The molecule has 0 spiro atoms. The van der Waals surface area contributed by atoms with E-state index in [4.69, 9.17) is 0 Å². The first-order valence-electron chi connectivity index (χ1n) is 3.59. The average Bonchev–Trinajstić information content (AvgIpc) is 2.53. The van der Waals surface area contributed by atoms with Crippen LogP contribution in [0.1, 0.15) is 13.8 Å². The molecule has 0 saturated carbocycles. The first-order valence-corrected chi connectivity index (χ1v) is 6.58. The van der Waals surface area contributed by atoms with Gasteiger partial charge in [-0.1, -0.05) is 52.9 Å². The van der Waals surface area contributed by atoms with E-state index in [1.54, 1.807) is 28.6 Å². The van der Waals surface area contributed by atoms with Gasteiger partial charge < -0.3 is 0 Å². The van der Waals surface area contributed by atoms with Crippen molar-refractivity contribution in [2.45, 2.75) is 18.2 Å². The van der Waals surface area contributed by atoms with Crippen LogP contribution >= 0.6 is 39.0 Å². The molecule has 0 saturated heterocycles. The van der Waals surface area contributed by atoms with Crippen LogP contribution in [-0.4, -0.2) is 21.3 Å². The van der Waals surface area contributed by atoms with Crippen molar-refractivity contribution in [3.8, 4) is 0 Å². The number of aromatic nitrogens is 2. The molecule has 5 heteroatoms. The van der Waals surface area contributed by atoms with Gasteiger partial charge in [0.25, 0.3) is 0 Å². The highest BCUT2D eigenvalue weighted by atomic mass is 79.9. The topological polar surface area (TPSA) is 25.8 Å². The van der Waals surface area contributed by atoms with Gasteiger partial charge in [-0.25, -0.2) is 0 Å². The maximum Gasteiger partial charge on any atom is 0.174 e. The predicted molar refractivity (Wildman–Crippen MR) is 58.2 cm³/mol. The third kappa shape index (κ3) is 3.41. The zero-order valence-electron chi connectivity index (χ0n) is 7.08. The van der Waals surface area contributed by atoms with Gasteiger partial charge in [0.05, 0.1) is 0 Å². The maximum atomic E-state index is 3.97. The van der Waals surface area contributed by atoms with E-state index < -0.39 is 0 Å². The van der Waals surface area contributed by atoms with Crippen LogP contribution in [0.4, 0.5) is 0 Å². The molecule has 0 aliphatic carbocycles. The zero-order valence-corrected chi connectivity index (χ0v) is 10.3. The van der Waals surface area contributed by atoms with Gasteiger partial charge in [-0.15, -0.1) is 10.2 Å². The minimum atomic E-state index is 0.330. The number of hydrogen-bond donors (Lipinski definition) is 0. The van der Waals surface area contributed by atoms with Gasteiger partial charge in [0, 0.05) is 11.1 Å². The van der Waals surface area contributed by atoms with Crippen molar-refractivity contribution in [3.63, 3.8) is 0 Å². The van der Waals surface area contributed by atoms with Gasteiger partial charge in [-0.05, 0) is 5.41 Å². The summed E-state index contributed by atoms with van der Waals surface area (Å²) in [6.45, 7) is 4.46. The summed E-state index contributed by atoms with van der Waals surface area (Å²) in [6, 6.07) is 0. The molecule has 68 valence electrons. The summed E-state index contributed by atoms with van der Waals surface area (Å²) in [5, 5.41) is 8.77. The molecule has 0 fully saturated rings. The van der Waals surface area contributed by atoms with Crippen molar-refractivity contribution in [1.82, 2.24) is 10.2 Å². The molecule has 1 aromatic heterocycles. The number of rotatable bonds is 4. The molecule has 0 aromatic carbocycles. The first-order chi connectivity index (χ1) is 5.64. The highest BCUT2D eigenvalue weighted by Crippen LogP contribution is 2.29. The Morgan fingerprint density at radius 1 is 1.67 bits per heavy atom. The Hall–Kier alpha value is 0.390. The molecule has 1 heterocycles. The number of thioether (sulfide) groups is 1. The van der Waals surface area contributed by atoms with Crippen molar-refractivity contribution in [2.24, 2.45) is 5.41 Å². The van der Waals surface area contributed by atoms with Crippen LogP contribution in [0.2, 0.25) is 0 Å². The molecule has 1 rings (SSSR count). The molecule has 0 aliphatic rings. The number of hydrogen-bond acceptors (Lipinski definition) is 4. The lowest BCUT2D eigenvalue weighted by Crippen LogP contribution is -2.15. The molecular weight excluding hydrogens is 256 g/mol. The van der Waals surface area contributed by atoms with E-state index in [0.29, 0.717) is 5.41 Å². The summed E-state index contributed by atoms with van der Waals surface area (Å²) in [7, 11) is 0. The van der Waals surface area contributed by atoms with Crippen molar-refractivity contribution in [3.05, 3.63) is 5.51 Å². The molecule has 12 heavy (non-hydrogen) atoms. The monoisotopic (exact) mass is 266 g/mol. The summed E-state index contributed by atoms with van der Waals surface area (Å²) in [5.74, 6) is 1.08. The summed E-state index contributed by atoms with van der Waals surface area (Å²) in [4.78, 5) is 0. The average molecular weight is 267 g/mol. The van der Waals surface area contributed by atoms with Crippen LogP contribution in [0.15, 0.2) is 9.85 Å². The Morgan fingerprint density at radius 3 is 2.92 bits per heavy atom. The van der Waals surface area contributed by atoms with Crippen LogP contribution in [0.3, 0.4) is 0 Å². The quantitative estimate of drug-likeness (QED) is 0.619. The predicted octanol–water partition coefficient (Wildman–Crippen LogP) is 3.05. The van der Waals surface area contributed by atoms with Gasteiger partial charge in [0.1, 0.15) is 5.51 Å². The van der Waals surface area contributed by atoms with Crippen LogP contribution in [0.5, 0.6) is 0 Å². The van der Waals surface area contributed by atoms with Crippen LogP contribution < -0.4 is 0 Å². The number of nitrogens with zero attached hydrogens (tertiary/aromatic N) is 2. The fourth-order valence-electron chi connectivity index (χ4n) is 0.522. The molecule has 0 atom stereocenters. The fourth-order valence-corrected chi connectivity index (χ4v) is 2.56. The summed E-state index contributed by atoms with van der Waals surface area (Å²) >= 11 is 6.86. The molecule has 0 aliphatic heterocycles. The standard InChI is InChI=1S/C7H11BrN2S2/c1-7(2,3-8)4-11-6-10-9-5-12-6/h5H,3-4H2,1-2H3. The highest BCUT2D eigenvalue weighted by Gasteiger charge is 2.16. The van der Waals surface area contributed by atoms with Gasteiger partial charge in [-0.3, -0.25) is 0 Å². The van der Waals surface area contributed by atoms with Crippen molar-refractivity contribution >= 4 is 39.0 Å². The SMILES string of the molecule is CC(C)(CBr)CSc1nncs1. The van der Waals surface area contributed by atoms with E-state index >= 15 is 0 Å². The maximum absolute atomic E-state index is 3.97. The molecule has 0 unspecified atom stereocenters. The van der Waals surface area contributed by atoms with E-state index in [1.165, 1.54) is 0 Å². The molecule has 0 radical (unpaired) electrons. The Kier molecular flexibility index (Phi) is 3.99. The molecule has 0 bridgehead atoms. The van der Waals surface area contributed by atoms with Crippen molar-refractivity contribution < 1.29 is 0 Å².